The van der Waals surface area contributed by atoms with Crippen LogP contribution in [0.2, 0.25) is 0 Å². The molecule has 0 fully saturated rings. The quantitative estimate of drug-likeness (QED) is 0.213. The van der Waals surface area contributed by atoms with Crippen LogP contribution in [0.15, 0.2) is 0 Å². The number of carbonyl (C=O) groups is 4. The minimum absolute atomic E-state index is 0.00907. The molecule has 0 radical (unpaired) electrons. The number of amides is 3. The van der Waals surface area contributed by atoms with E-state index in [1.165, 1.54) is 4.90 Å². The number of carbonyl (C=O) groups excluding carboxylic acids is 3. The fraction of sp³-hybridized carbons (Fsp3) is 0.800. The summed E-state index contributed by atoms with van der Waals surface area (Å²) in [7, 11) is 0. The molecule has 0 spiro atoms. The van der Waals surface area contributed by atoms with Gasteiger partial charge in [-0.2, -0.15) is 0 Å². The van der Waals surface area contributed by atoms with E-state index in [1.54, 1.807) is 0 Å². The maximum atomic E-state index is 12.9. The van der Waals surface area contributed by atoms with Crippen molar-refractivity contribution in [2.75, 3.05) is 26.4 Å². The molecule has 4 N–H and O–H groups in total. The predicted octanol–water partition coefficient (Wildman–Crippen LogP) is 1.03. The van der Waals surface area contributed by atoms with Crippen LogP contribution in [0.5, 0.6) is 0 Å². The monoisotopic (exact) mass is 432 g/mol. The van der Waals surface area contributed by atoms with E-state index in [-0.39, 0.29) is 50.8 Å². The van der Waals surface area contributed by atoms with Gasteiger partial charge in [0.05, 0.1) is 0 Å². The average molecular weight is 433 g/mol. The van der Waals surface area contributed by atoms with Crippen molar-refractivity contribution in [3.63, 3.8) is 0 Å². The molecule has 0 heterocycles. The first kappa shape index (κ1) is 27.8. The first-order valence-electron chi connectivity index (χ1n) is 10.4. The van der Waals surface area contributed by atoms with Crippen molar-refractivity contribution in [1.29, 1.82) is 0 Å². The highest BCUT2D eigenvalue weighted by molar-refractivity contribution is 5.88. The summed E-state index contributed by atoms with van der Waals surface area (Å²) in [5.74, 6) is -1.74. The summed E-state index contributed by atoms with van der Waals surface area (Å²) in [4.78, 5) is 48.5. The van der Waals surface area contributed by atoms with Crippen LogP contribution in [0, 0.1) is 5.92 Å². The predicted molar refractivity (Wildman–Crippen MR) is 111 cm³/mol. The first-order chi connectivity index (χ1) is 14.1. The van der Waals surface area contributed by atoms with Gasteiger partial charge in [0.1, 0.15) is 12.8 Å². The van der Waals surface area contributed by atoms with Crippen LogP contribution in [0.25, 0.3) is 0 Å². The molecule has 3 amide bonds. The van der Waals surface area contributed by atoms with Gasteiger partial charge in [-0.3, -0.25) is 24.1 Å². The van der Waals surface area contributed by atoms with Crippen LogP contribution >= 0.6 is 0 Å². The molecule has 0 aliphatic rings. The number of carboxylic acid groups (broad SMARTS) is 1. The summed E-state index contributed by atoms with van der Waals surface area (Å²) < 4.78 is 12.9. The lowest BCUT2D eigenvalue weighted by Crippen LogP contribution is -2.49. The topological polar surface area (TPSA) is 128 Å². The van der Waals surface area contributed by atoms with E-state index in [4.69, 9.17) is 5.11 Å². The van der Waals surface area contributed by atoms with Crippen LogP contribution in [0.1, 0.15) is 59.8 Å². The highest BCUT2D eigenvalue weighted by Crippen LogP contribution is 2.03. The zero-order chi connectivity index (χ0) is 23.1. The van der Waals surface area contributed by atoms with Crippen LogP contribution in [-0.2, 0) is 19.2 Å². The van der Waals surface area contributed by atoms with E-state index in [0.717, 1.165) is 6.42 Å². The van der Waals surface area contributed by atoms with Crippen molar-refractivity contribution < 1.29 is 28.7 Å². The molecular formula is C20H37FN4O5. The van der Waals surface area contributed by atoms with Gasteiger partial charge in [0.25, 0.3) is 0 Å². The number of hydrogen-bond donors (Lipinski definition) is 4. The second kappa shape index (κ2) is 15.6. The third-order valence-electron chi connectivity index (χ3n) is 4.50. The lowest BCUT2D eigenvalue weighted by atomic mass is 10.1. The Morgan fingerprint density at radius 1 is 0.900 bits per heavy atom. The average Bonchev–Trinajstić information content (AvgIpc) is 2.66. The summed E-state index contributed by atoms with van der Waals surface area (Å²) in [6.07, 6.45) is 0.829. The maximum absolute atomic E-state index is 12.9. The van der Waals surface area contributed by atoms with E-state index >= 15 is 0 Å². The number of carboxylic acids is 1. The van der Waals surface area contributed by atoms with Gasteiger partial charge < -0.3 is 21.1 Å². The van der Waals surface area contributed by atoms with Gasteiger partial charge in [0.15, 0.2) is 0 Å². The van der Waals surface area contributed by atoms with E-state index in [0.29, 0.717) is 12.3 Å². The van der Waals surface area contributed by atoms with Crippen molar-refractivity contribution in [2.45, 2.75) is 71.9 Å². The molecule has 30 heavy (non-hydrogen) atoms. The molecule has 0 saturated heterocycles. The van der Waals surface area contributed by atoms with Crippen molar-refractivity contribution in [2.24, 2.45) is 5.92 Å². The van der Waals surface area contributed by atoms with Gasteiger partial charge in [-0.05, 0) is 32.6 Å². The molecule has 0 saturated carbocycles. The van der Waals surface area contributed by atoms with Gasteiger partial charge in [0.2, 0.25) is 17.7 Å². The normalized spacial score (nSPS) is 12.1. The molecule has 0 aliphatic heterocycles. The number of alkyl halides is 1. The molecule has 9 nitrogen and oxygen atoms in total. The Balaban J connectivity index is 4.50. The summed E-state index contributed by atoms with van der Waals surface area (Å²) in [5.41, 5.74) is 0. The number of rotatable bonds is 16. The second-order valence-corrected chi connectivity index (χ2v) is 7.90. The van der Waals surface area contributed by atoms with Gasteiger partial charge in [-0.1, -0.05) is 13.8 Å². The molecule has 174 valence electrons. The Hall–Kier alpha value is -2.23. The maximum Gasteiger partial charge on any atom is 0.303 e. The molecule has 0 aromatic heterocycles. The van der Waals surface area contributed by atoms with Crippen molar-refractivity contribution in [3.8, 4) is 0 Å². The molecule has 0 aromatic rings. The number of halogens is 1. The minimum atomic E-state index is -1.08. The van der Waals surface area contributed by atoms with Gasteiger partial charge >= 0.3 is 5.97 Å². The summed E-state index contributed by atoms with van der Waals surface area (Å²) in [6.45, 7) is 7.57. The molecule has 0 bridgehead atoms. The van der Waals surface area contributed by atoms with E-state index in [1.807, 2.05) is 27.7 Å². The van der Waals surface area contributed by atoms with Gasteiger partial charge in [-0.25, -0.2) is 4.39 Å². The van der Waals surface area contributed by atoms with Gasteiger partial charge in [-0.15, -0.1) is 0 Å². The summed E-state index contributed by atoms with van der Waals surface area (Å²) in [5, 5.41) is 16.7. The van der Waals surface area contributed by atoms with E-state index in [2.05, 4.69) is 16.0 Å². The van der Waals surface area contributed by atoms with Gasteiger partial charge in [0, 0.05) is 44.9 Å². The Morgan fingerprint density at radius 3 is 2.07 bits per heavy atom. The standard InChI is InChI=1S/C20H37FN4O5/c1-14(2)5-7-17(26)22-10-11-23-20(30)16(6-8-19(28)29)24-18(27)9-12-25(13-21)15(3)4/h14-16H,5-13H2,1-4H3,(H,22,26)(H,23,30)(H,24,27)(H,28,29). The number of aliphatic carboxylic acids is 1. The van der Waals surface area contributed by atoms with Crippen molar-refractivity contribution >= 4 is 23.7 Å². The second-order valence-electron chi connectivity index (χ2n) is 7.90. The third kappa shape index (κ3) is 13.9. The Morgan fingerprint density at radius 2 is 1.53 bits per heavy atom. The lowest BCUT2D eigenvalue weighted by Gasteiger charge is -2.23. The van der Waals surface area contributed by atoms with Crippen LogP contribution < -0.4 is 16.0 Å². The number of nitrogens with zero attached hydrogens (tertiary/aromatic N) is 1. The molecule has 10 heteroatoms. The van der Waals surface area contributed by atoms with Crippen LogP contribution in [0.4, 0.5) is 4.39 Å². The Bertz CT molecular complexity index is 557. The molecule has 0 rings (SSSR count). The molecular weight excluding hydrogens is 395 g/mol. The highest BCUT2D eigenvalue weighted by atomic mass is 19.1. The molecule has 0 aliphatic carbocycles. The zero-order valence-electron chi connectivity index (χ0n) is 18.5. The molecule has 0 aromatic carbocycles. The summed E-state index contributed by atoms with van der Waals surface area (Å²) in [6, 6.07) is -1.08. The number of nitrogens with one attached hydrogen (secondary N) is 3. The van der Waals surface area contributed by atoms with Crippen molar-refractivity contribution in [3.05, 3.63) is 0 Å². The van der Waals surface area contributed by atoms with E-state index < -0.39 is 30.6 Å². The van der Waals surface area contributed by atoms with E-state index in [9.17, 15) is 23.6 Å². The fourth-order valence-electron chi connectivity index (χ4n) is 2.52. The molecule has 1 atom stereocenters. The minimum Gasteiger partial charge on any atom is -0.481 e. The zero-order valence-corrected chi connectivity index (χ0v) is 18.5. The van der Waals surface area contributed by atoms with Crippen LogP contribution in [-0.4, -0.2) is 72.2 Å². The first-order valence-corrected chi connectivity index (χ1v) is 10.4. The highest BCUT2D eigenvalue weighted by Gasteiger charge is 2.22. The SMILES string of the molecule is CC(C)CCC(=O)NCCNC(=O)C(CCC(=O)O)NC(=O)CCN(CF)C(C)C. The number of hydrogen-bond acceptors (Lipinski definition) is 5. The van der Waals surface area contributed by atoms with Crippen LogP contribution in [0.3, 0.4) is 0 Å². The molecule has 1 unspecified atom stereocenters. The fourth-order valence-corrected chi connectivity index (χ4v) is 2.52. The smallest absolute Gasteiger partial charge is 0.303 e. The Labute approximate surface area is 178 Å². The summed E-state index contributed by atoms with van der Waals surface area (Å²) >= 11 is 0. The Kier molecular flexibility index (Phi) is 14.4. The lowest BCUT2D eigenvalue weighted by molar-refractivity contribution is -0.138. The largest absolute Gasteiger partial charge is 0.481 e. The third-order valence-corrected chi connectivity index (χ3v) is 4.50. The van der Waals surface area contributed by atoms with Crippen molar-refractivity contribution in [1.82, 2.24) is 20.9 Å².